The van der Waals surface area contributed by atoms with Crippen LogP contribution in [0.15, 0.2) is 39.2 Å². The molecule has 0 fully saturated rings. The van der Waals surface area contributed by atoms with Crippen LogP contribution < -0.4 is 10.1 Å². The van der Waals surface area contributed by atoms with E-state index in [0.29, 0.717) is 6.61 Å². The molecule has 0 saturated heterocycles. The Morgan fingerprint density at radius 2 is 2.11 bits per heavy atom. The third-order valence-electron chi connectivity index (χ3n) is 2.84. The van der Waals surface area contributed by atoms with Gasteiger partial charge in [-0.25, -0.2) is 0 Å². The molecule has 2 rings (SSSR count). The van der Waals surface area contributed by atoms with Gasteiger partial charge in [-0.15, -0.1) is 0 Å². The van der Waals surface area contributed by atoms with E-state index in [-0.39, 0.29) is 0 Å². The molecule has 1 aromatic carbocycles. The average molecular weight is 324 g/mol. The molecule has 102 valence electrons. The van der Waals surface area contributed by atoms with Crippen LogP contribution in [0.4, 0.5) is 0 Å². The molecule has 3 nitrogen and oxygen atoms in total. The first kappa shape index (κ1) is 14.2. The van der Waals surface area contributed by atoms with Gasteiger partial charge in [-0.2, -0.15) is 0 Å². The minimum Gasteiger partial charge on any atom is -0.488 e. The molecule has 0 radical (unpaired) electrons. The van der Waals surface area contributed by atoms with E-state index in [1.807, 2.05) is 31.2 Å². The Bertz CT molecular complexity index is 537. The van der Waals surface area contributed by atoms with Crippen molar-refractivity contribution in [2.24, 2.45) is 0 Å². The Balaban J connectivity index is 1.99. The number of benzene rings is 1. The van der Waals surface area contributed by atoms with Gasteiger partial charge in [0.05, 0.1) is 11.0 Å². The molecule has 0 aliphatic heterocycles. The van der Waals surface area contributed by atoms with Gasteiger partial charge < -0.3 is 14.5 Å². The van der Waals surface area contributed by atoms with Crippen LogP contribution in [-0.2, 0) is 13.2 Å². The van der Waals surface area contributed by atoms with Crippen LogP contribution in [0.25, 0.3) is 0 Å². The highest BCUT2D eigenvalue weighted by atomic mass is 79.9. The molecular weight excluding hydrogens is 306 g/mol. The summed E-state index contributed by atoms with van der Waals surface area (Å²) in [5.74, 6) is 2.71. The van der Waals surface area contributed by atoms with Crippen LogP contribution in [0.2, 0.25) is 0 Å². The van der Waals surface area contributed by atoms with E-state index in [1.54, 1.807) is 0 Å². The van der Waals surface area contributed by atoms with Crippen molar-refractivity contribution in [3.63, 3.8) is 0 Å². The van der Waals surface area contributed by atoms with Crippen LogP contribution in [0.3, 0.4) is 0 Å². The number of hydrogen-bond donors (Lipinski definition) is 1. The van der Waals surface area contributed by atoms with Crippen molar-refractivity contribution in [1.82, 2.24) is 5.32 Å². The molecule has 0 bridgehead atoms. The lowest BCUT2D eigenvalue weighted by Gasteiger charge is -2.06. The lowest BCUT2D eigenvalue weighted by atomic mass is 10.2. The van der Waals surface area contributed by atoms with Crippen molar-refractivity contribution < 1.29 is 9.15 Å². The van der Waals surface area contributed by atoms with Crippen molar-refractivity contribution in [2.75, 3.05) is 6.54 Å². The monoisotopic (exact) mass is 323 g/mol. The number of ether oxygens (including phenoxy) is 1. The summed E-state index contributed by atoms with van der Waals surface area (Å²) in [6.45, 7) is 6.25. The van der Waals surface area contributed by atoms with Gasteiger partial charge in [0, 0.05) is 5.56 Å². The van der Waals surface area contributed by atoms with E-state index in [1.165, 1.54) is 0 Å². The summed E-state index contributed by atoms with van der Waals surface area (Å²) in [5.41, 5.74) is 1.09. The fraction of sp³-hybridized carbons (Fsp3) is 0.333. The molecule has 19 heavy (non-hydrogen) atoms. The molecule has 1 N–H and O–H groups in total. The first-order valence-corrected chi connectivity index (χ1v) is 7.16. The largest absolute Gasteiger partial charge is 0.488 e. The standard InChI is InChI=1S/C15H18BrNO2/c1-3-17-9-13-8-12(11(2)19-13)10-18-15-7-5-4-6-14(15)16/h4-8,17H,3,9-10H2,1-2H3. The maximum Gasteiger partial charge on any atom is 0.133 e. The van der Waals surface area contributed by atoms with Gasteiger partial charge in [-0.3, -0.25) is 0 Å². The first-order valence-electron chi connectivity index (χ1n) is 6.37. The van der Waals surface area contributed by atoms with Crippen molar-refractivity contribution in [1.29, 1.82) is 0 Å². The molecule has 0 unspecified atom stereocenters. The first-order chi connectivity index (χ1) is 9.20. The van der Waals surface area contributed by atoms with Crippen molar-refractivity contribution in [3.05, 3.63) is 51.9 Å². The predicted molar refractivity (Wildman–Crippen MR) is 79.3 cm³/mol. The average Bonchev–Trinajstić information content (AvgIpc) is 2.76. The normalized spacial score (nSPS) is 10.7. The molecule has 0 saturated carbocycles. The topological polar surface area (TPSA) is 34.4 Å². The smallest absolute Gasteiger partial charge is 0.133 e. The van der Waals surface area contributed by atoms with Gasteiger partial charge in [0.25, 0.3) is 0 Å². The second-order valence-corrected chi connectivity index (χ2v) is 5.15. The Labute approximate surface area is 122 Å². The predicted octanol–water partition coefficient (Wildman–Crippen LogP) is 4.04. The summed E-state index contributed by atoms with van der Waals surface area (Å²) in [5, 5.41) is 3.25. The molecule has 2 aromatic rings. The lowest BCUT2D eigenvalue weighted by Crippen LogP contribution is -2.10. The maximum atomic E-state index is 5.79. The number of rotatable bonds is 6. The Kier molecular flexibility index (Phi) is 5.05. The third-order valence-corrected chi connectivity index (χ3v) is 3.50. The van der Waals surface area contributed by atoms with Gasteiger partial charge in [0.1, 0.15) is 23.9 Å². The minimum atomic E-state index is 0.518. The summed E-state index contributed by atoms with van der Waals surface area (Å²) in [7, 11) is 0. The molecule has 0 aliphatic rings. The number of furan rings is 1. The van der Waals surface area contributed by atoms with E-state index in [9.17, 15) is 0 Å². The number of nitrogens with one attached hydrogen (secondary N) is 1. The Hall–Kier alpha value is -1.26. The number of aryl methyl sites for hydroxylation is 1. The summed E-state index contributed by atoms with van der Waals surface area (Å²) in [6.07, 6.45) is 0. The van der Waals surface area contributed by atoms with Crippen LogP contribution >= 0.6 is 15.9 Å². The Morgan fingerprint density at radius 3 is 2.84 bits per heavy atom. The molecule has 0 amide bonds. The zero-order valence-corrected chi connectivity index (χ0v) is 12.8. The summed E-state index contributed by atoms with van der Waals surface area (Å²) in [4.78, 5) is 0. The molecule has 1 heterocycles. The summed E-state index contributed by atoms with van der Waals surface area (Å²) in [6, 6.07) is 9.88. The van der Waals surface area contributed by atoms with Gasteiger partial charge in [0.15, 0.2) is 0 Å². The second kappa shape index (κ2) is 6.78. The van der Waals surface area contributed by atoms with Gasteiger partial charge >= 0.3 is 0 Å². The van der Waals surface area contributed by atoms with Crippen molar-refractivity contribution in [3.8, 4) is 5.75 Å². The van der Waals surface area contributed by atoms with E-state index in [0.717, 1.165) is 40.4 Å². The number of hydrogen-bond acceptors (Lipinski definition) is 3. The minimum absolute atomic E-state index is 0.518. The Morgan fingerprint density at radius 1 is 1.32 bits per heavy atom. The van der Waals surface area contributed by atoms with Crippen LogP contribution in [0.1, 0.15) is 24.0 Å². The maximum absolute atomic E-state index is 5.79. The van der Waals surface area contributed by atoms with Crippen LogP contribution in [-0.4, -0.2) is 6.54 Å². The number of halogens is 1. The van der Waals surface area contributed by atoms with Gasteiger partial charge in [0.2, 0.25) is 0 Å². The van der Waals surface area contributed by atoms with Crippen molar-refractivity contribution in [2.45, 2.75) is 27.0 Å². The van der Waals surface area contributed by atoms with Crippen molar-refractivity contribution >= 4 is 15.9 Å². The molecule has 4 heteroatoms. The second-order valence-electron chi connectivity index (χ2n) is 4.29. The number of para-hydroxylation sites is 1. The molecule has 0 atom stereocenters. The molecule has 1 aromatic heterocycles. The van der Waals surface area contributed by atoms with Gasteiger partial charge in [-0.05, 0) is 47.6 Å². The van der Waals surface area contributed by atoms with E-state index in [2.05, 4.69) is 34.2 Å². The fourth-order valence-electron chi connectivity index (χ4n) is 1.78. The van der Waals surface area contributed by atoms with E-state index < -0.39 is 0 Å². The van der Waals surface area contributed by atoms with E-state index >= 15 is 0 Å². The zero-order valence-electron chi connectivity index (χ0n) is 11.2. The quantitative estimate of drug-likeness (QED) is 0.871. The van der Waals surface area contributed by atoms with Crippen LogP contribution in [0, 0.1) is 6.92 Å². The summed E-state index contributed by atoms with van der Waals surface area (Å²) >= 11 is 3.47. The fourth-order valence-corrected chi connectivity index (χ4v) is 2.18. The molecule has 0 spiro atoms. The third kappa shape index (κ3) is 3.85. The lowest BCUT2D eigenvalue weighted by molar-refractivity contribution is 0.301. The van der Waals surface area contributed by atoms with E-state index in [4.69, 9.17) is 9.15 Å². The van der Waals surface area contributed by atoms with Gasteiger partial charge in [-0.1, -0.05) is 19.1 Å². The zero-order chi connectivity index (χ0) is 13.7. The molecule has 0 aliphatic carbocycles. The highest BCUT2D eigenvalue weighted by Gasteiger charge is 2.08. The highest BCUT2D eigenvalue weighted by Crippen LogP contribution is 2.25. The molecular formula is C15H18BrNO2. The highest BCUT2D eigenvalue weighted by molar-refractivity contribution is 9.10. The van der Waals surface area contributed by atoms with Crippen LogP contribution in [0.5, 0.6) is 5.75 Å². The SMILES string of the molecule is CCNCc1cc(COc2ccccc2Br)c(C)o1. The summed E-state index contributed by atoms with van der Waals surface area (Å²) < 4.78 is 12.4.